The molecule has 0 radical (unpaired) electrons. The van der Waals surface area contributed by atoms with E-state index in [1.807, 2.05) is 37.3 Å². The van der Waals surface area contributed by atoms with E-state index in [0.717, 1.165) is 17.8 Å². The third-order valence-corrected chi connectivity index (χ3v) is 4.79. The first kappa shape index (κ1) is 18.6. The van der Waals surface area contributed by atoms with Crippen LogP contribution in [0, 0.1) is 0 Å². The van der Waals surface area contributed by atoms with Crippen LogP contribution in [0.1, 0.15) is 29.9 Å². The van der Waals surface area contributed by atoms with E-state index in [1.54, 1.807) is 23.1 Å². The Labute approximate surface area is 168 Å². The molecule has 2 aromatic carbocycles. The van der Waals surface area contributed by atoms with Gasteiger partial charge in [0.25, 0.3) is 5.91 Å². The summed E-state index contributed by atoms with van der Waals surface area (Å²) in [7, 11) is 0. The fraction of sp³-hybridized carbons (Fsp3) is 0.182. The number of hydrogen-bond acceptors (Lipinski definition) is 5. The molecule has 0 spiro atoms. The Kier molecular flexibility index (Phi) is 4.95. The zero-order chi connectivity index (χ0) is 20.4. The number of amides is 2. The molecule has 29 heavy (non-hydrogen) atoms. The molecule has 1 aliphatic heterocycles. The predicted octanol–water partition coefficient (Wildman–Crippen LogP) is 3.77. The Morgan fingerprint density at radius 2 is 1.76 bits per heavy atom. The van der Waals surface area contributed by atoms with Gasteiger partial charge < -0.3 is 15.5 Å². The molecule has 2 heterocycles. The fourth-order valence-electron chi connectivity index (χ4n) is 3.53. The molecule has 4 rings (SSSR count). The molecule has 0 fully saturated rings. The molecule has 7 heteroatoms. The molecule has 0 bridgehead atoms. The van der Waals surface area contributed by atoms with E-state index in [2.05, 4.69) is 26.7 Å². The number of carbonyl (C=O) groups is 2. The van der Waals surface area contributed by atoms with Gasteiger partial charge in [0.05, 0.1) is 0 Å². The van der Waals surface area contributed by atoms with Crippen LogP contribution in [0.15, 0.2) is 60.9 Å². The minimum Gasteiger partial charge on any atom is -0.340 e. The standard InChI is InChI=1S/C22H21N5O2/c1-14-11-16-5-3-4-6-20(16)27(14)22(29)19-12-21(24-13-23-19)26-18-9-7-17(8-10-18)25-15(2)28/h3-10,12-14H,11H2,1-2H3,(H,25,28)(H,23,24,26). The molecule has 1 unspecified atom stereocenters. The number of nitrogens with zero attached hydrogens (tertiary/aromatic N) is 3. The van der Waals surface area contributed by atoms with E-state index in [9.17, 15) is 9.59 Å². The van der Waals surface area contributed by atoms with Gasteiger partial charge >= 0.3 is 0 Å². The fourth-order valence-corrected chi connectivity index (χ4v) is 3.53. The van der Waals surface area contributed by atoms with Gasteiger partial charge in [-0.25, -0.2) is 9.97 Å². The van der Waals surface area contributed by atoms with Gasteiger partial charge in [0.1, 0.15) is 17.8 Å². The summed E-state index contributed by atoms with van der Waals surface area (Å²) in [6.45, 7) is 3.50. The van der Waals surface area contributed by atoms with Crippen LogP contribution in [0.25, 0.3) is 0 Å². The second-order valence-corrected chi connectivity index (χ2v) is 7.03. The maximum absolute atomic E-state index is 13.1. The number of rotatable bonds is 4. The lowest BCUT2D eigenvalue weighted by molar-refractivity contribution is -0.114. The molecular weight excluding hydrogens is 366 g/mol. The van der Waals surface area contributed by atoms with Crippen molar-refractivity contribution in [3.05, 3.63) is 72.2 Å². The minimum atomic E-state index is -0.145. The summed E-state index contributed by atoms with van der Waals surface area (Å²) in [5.41, 5.74) is 3.94. The van der Waals surface area contributed by atoms with Crippen molar-refractivity contribution in [1.29, 1.82) is 0 Å². The molecule has 0 saturated heterocycles. The average Bonchev–Trinajstić information content (AvgIpc) is 3.04. The monoisotopic (exact) mass is 387 g/mol. The van der Waals surface area contributed by atoms with Crippen molar-refractivity contribution in [2.24, 2.45) is 0 Å². The molecule has 3 aromatic rings. The van der Waals surface area contributed by atoms with E-state index in [1.165, 1.54) is 18.8 Å². The highest BCUT2D eigenvalue weighted by atomic mass is 16.2. The van der Waals surface area contributed by atoms with Gasteiger partial charge in [0, 0.05) is 36.1 Å². The van der Waals surface area contributed by atoms with Gasteiger partial charge in [-0.15, -0.1) is 0 Å². The second kappa shape index (κ2) is 7.71. The summed E-state index contributed by atoms with van der Waals surface area (Å²) >= 11 is 0. The normalized spacial score (nSPS) is 15.0. The molecule has 0 saturated carbocycles. The zero-order valence-electron chi connectivity index (χ0n) is 16.2. The van der Waals surface area contributed by atoms with Gasteiger partial charge in [0.15, 0.2) is 0 Å². The Morgan fingerprint density at radius 3 is 2.52 bits per heavy atom. The van der Waals surface area contributed by atoms with Crippen molar-refractivity contribution in [2.75, 3.05) is 15.5 Å². The Morgan fingerprint density at radius 1 is 1.03 bits per heavy atom. The third kappa shape index (κ3) is 3.94. The van der Waals surface area contributed by atoms with Crippen LogP contribution in [0.2, 0.25) is 0 Å². The SMILES string of the molecule is CC(=O)Nc1ccc(Nc2cc(C(=O)N3c4ccccc4CC3C)ncn2)cc1. The van der Waals surface area contributed by atoms with Crippen molar-refractivity contribution >= 4 is 34.7 Å². The number of hydrogen-bond donors (Lipinski definition) is 2. The van der Waals surface area contributed by atoms with Crippen molar-refractivity contribution in [1.82, 2.24) is 9.97 Å². The molecule has 1 aromatic heterocycles. The Hall–Kier alpha value is -3.74. The molecular formula is C22H21N5O2. The number of nitrogens with one attached hydrogen (secondary N) is 2. The molecule has 1 aliphatic rings. The topological polar surface area (TPSA) is 87.2 Å². The first-order valence-electron chi connectivity index (χ1n) is 9.39. The van der Waals surface area contributed by atoms with Crippen LogP contribution in [-0.4, -0.2) is 27.8 Å². The van der Waals surface area contributed by atoms with E-state index in [-0.39, 0.29) is 17.9 Å². The number of aromatic nitrogens is 2. The van der Waals surface area contributed by atoms with E-state index < -0.39 is 0 Å². The highest BCUT2D eigenvalue weighted by Crippen LogP contribution is 2.33. The van der Waals surface area contributed by atoms with Gasteiger partial charge in [-0.2, -0.15) is 0 Å². The van der Waals surface area contributed by atoms with Crippen molar-refractivity contribution in [3.8, 4) is 0 Å². The second-order valence-electron chi connectivity index (χ2n) is 7.03. The molecule has 1 atom stereocenters. The Balaban J connectivity index is 1.53. The molecule has 2 amide bonds. The van der Waals surface area contributed by atoms with Crippen LogP contribution in [0.5, 0.6) is 0 Å². The van der Waals surface area contributed by atoms with Crippen LogP contribution in [0.4, 0.5) is 22.9 Å². The number of fused-ring (bicyclic) bond motifs is 1. The molecule has 0 aliphatic carbocycles. The van der Waals surface area contributed by atoms with Gasteiger partial charge in [-0.1, -0.05) is 18.2 Å². The highest BCUT2D eigenvalue weighted by Gasteiger charge is 2.31. The van der Waals surface area contributed by atoms with Crippen molar-refractivity contribution in [2.45, 2.75) is 26.3 Å². The molecule has 7 nitrogen and oxygen atoms in total. The average molecular weight is 387 g/mol. The summed E-state index contributed by atoms with van der Waals surface area (Å²) in [4.78, 5) is 34.5. The maximum atomic E-state index is 13.1. The van der Waals surface area contributed by atoms with Crippen LogP contribution < -0.4 is 15.5 Å². The minimum absolute atomic E-state index is 0.0765. The summed E-state index contributed by atoms with van der Waals surface area (Å²) in [5.74, 6) is 0.257. The highest BCUT2D eigenvalue weighted by molar-refractivity contribution is 6.06. The van der Waals surface area contributed by atoms with Crippen LogP contribution in [-0.2, 0) is 11.2 Å². The number of benzene rings is 2. The lowest BCUT2D eigenvalue weighted by Crippen LogP contribution is -2.36. The number of anilines is 4. The predicted molar refractivity (Wildman–Crippen MR) is 112 cm³/mol. The van der Waals surface area contributed by atoms with E-state index in [0.29, 0.717) is 17.2 Å². The van der Waals surface area contributed by atoms with E-state index in [4.69, 9.17) is 0 Å². The first-order valence-corrected chi connectivity index (χ1v) is 9.39. The third-order valence-electron chi connectivity index (χ3n) is 4.79. The van der Waals surface area contributed by atoms with Gasteiger partial charge in [-0.3, -0.25) is 9.59 Å². The van der Waals surface area contributed by atoms with Crippen molar-refractivity contribution in [3.63, 3.8) is 0 Å². The lowest BCUT2D eigenvalue weighted by Gasteiger charge is -2.22. The smallest absolute Gasteiger partial charge is 0.277 e. The van der Waals surface area contributed by atoms with Crippen molar-refractivity contribution < 1.29 is 9.59 Å². The van der Waals surface area contributed by atoms with E-state index >= 15 is 0 Å². The summed E-state index contributed by atoms with van der Waals surface area (Å²) in [6.07, 6.45) is 2.21. The van der Waals surface area contributed by atoms with Gasteiger partial charge in [0.2, 0.25) is 5.91 Å². The summed E-state index contributed by atoms with van der Waals surface area (Å²) in [6, 6.07) is 16.9. The first-order chi connectivity index (χ1) is 14.0. The van der Waals surface area contributed by atoms with Gasteiger partial charge in [-0.05, 0) is 49.2 Å². The quantitative estimate of drug-likeness (QED) is 0.712. The zero-order valence-corrected chi connectivity index (χ0v) is 16.2. The number of para-hydroxylation sites is 1. The molecule has 2 N–H and O–H groups in total. The molecule has 146 valence electrons. The number of carbonyl (C=O) groups excluding carboxylic acids is 2. The van der Waals surface area contributed by atoms with Crippen LogP contribution >= 0.6 is 0 Å². The summed E-state index contributed by atoms with van der Waals surface area (Å²) < 4.78 is 0. The van der Waals surface area contributed by atoms with Crippen LogP contribution in [0.3, 0.4) is 0 Å². The lowest BCUT2D eigenvalue weighted by atomic mass is 10.1. The summed E-state index contributed by atoms with van der Waals surface area (Å²) in [5, 5.41) is 5.89. The largest absolute Gasteiger partial charge is 0.340 e. The Bertz CT molecular complexity index is 1060. The maximum Gasteiger partial charge on any atom is 0.277 e.